The Morgan fingerprint density at radius 3 is 2.94 bits per heavy atom. The molecular weight excluding hydrogens is 228 g/mol. The van der Waals surface area contributed by atoms with Gasteiger partial charge in [-0.3, -0.25) is 0 Å². The molecule has 2 aliphatic rings. The molecule has 3 rings (SSSR count). The monoisotopic (exact) mass is 250 g/mol. The molecule has 1 saturated carbocycles. The van der Waals surface area contributed by atoms with E-state index in [0.29, 0.717) is 5.92 Å². The summed E-state index contributed by atoms with van der Waals surface area (Å²) in [5.74, 6) is 3.04. The van der Waals surface area contributed by atoms with Crippen LogP contribution in [0.2, 0.25) is 0 Å². The van der Waals surface area contributed by atoms with Crippen molar-refractivity contribution in [1.29, 1.82) is 0 Å². The molecule has 0 radical (unpaired) electrons. The van der Waals surface area contributed by atoms with Gasteiger partial charge in [-0.15, -0.1) is 0 Å². The van der Waals surface area contributed by atoms with Gasteiger partial charge in [0.05, 0.1) is 6.04 Å². The smallest absolute Gasteiger partial charge is 0.266 e. The molecule has 1 aromatic heterocycles. The second-order valence-electron chi connectivity index (χ2n) is 5.35. The molecule has 1 aliphatic carbocycles. The standard InChI is InChI=1S/C13H22N4O/c1-3-17(4-2)13-15-12(18-16-13)11-10-7-5-6-9(10)8-14-11/h9-11,14H,3-8H2,1-2H3. The lowest BCUT2D eigenvalue weighted by molar-refractivity contribution is 0.302. The van der Waals surface area contributed by atoms with Crippen molar-refractivity contribution in [2.24, 2.45) is 11.8 Å². The summed E-state index contributed by atoms with van der Waals surface area (Å²) >= 11 is 0. The number of hydrogen-bond acceptors (Lipinski definition) is 5. The third-order valence-corrected chi connectivity index (χ3v) is 4.49. The lowest BCUT2D eigenvalue weighted by atomic mass is 9.94. The number of fused-ring (bicyclic) bond motifs is 1. The fourth-order valence-electron chi connectivity index (χ4n) is 3.45. The number of nitrogens with zero attached hydrogens (tertiary/aromatic N) is 3. The first-order chi connectivity index (χ1) is 8.83. The molecule has 3 atom stereocenters. The van der Waals surface area contributed by atoms with Crippen molar-refractivity contribution >= 4 is 5.95 Å². The van der Waals surface area contributed by atoms with E-state index in [1.54, 1.807) is 0 Å². The average Bonchev–Trinajstić information content (AvgIpc) is 3.04. The van der Waals surface area contributed by atoms with Crippen molar-refractivity contribution in [2.45, 2.75) is 39.2 Å². The third-order valence-electron chi connectivity index (χ3n) is 4.49. The van der Waals surface area contributed by atoms with Crippen LogP contribution in [0.1, 0.15) is 45.0 Å². The molecule has 0 aromatic carbocycles. The van der Waals surface area contributed by atoms with Crippen LogP contribution in [0.25, 0.3) is 0 Å². The maximum Gasteiger partial charge on any atom is 0.266 e. The van der Waals surface area contributed by atoms with Crippen molar-refractivity contribution in [3.8, 4) is 0 Å². The minimum absolute atomic E-state index is 0.286. The van der Waals surface area contributed by atoms with Gasteiger partial charge in [0.25, 0.3) is 5.95 Å². The molecule has 1 saturated heterocycles. The first kappa shape index (κ1) is 12.0. The highest BCUT2D eigenvalue weighted by Gasteiger charge is 2.42. The van der Waals surface area contributed by atoms with Gasteiger partial charge in [-0.05, 0) is 50.2 Å². The van der Waals surface area contributed by atoms with Crippen LogP contribution in [0.3, 0.4) is 0 Å². The molecule has 5 heteroatoms. The Morgan fingerprint density at radius 1 is 1.33 bits per heavy atom. The van der Waals surface area contributed by atoms with Crippen LogP contribution in [-0.4, -0.2) is 29.8 Å². The van der Waals surface area contributed by atoms with E-state index >= 15 is 0 Å². The zero-order valence-electron chi connectivity index (χ0n) is 11.2. The van der Waals surface area contributed by atoms with Crippen molar-refractivity contribution in [2.75, 3.05) is 24.5 Å². The van der Waals surface area contributed by atoms with E-state index in [2.05, 4.69) is 34.2 Å². The van der Waals surface area contributed by atoms with Crippen LogP contribution in [0, 0.1) is 11.8 Å². The topological polar surface area (TPSA) is 54.2 Å². The van der Waals surface area contributed by atoms with E-state index in [-0.39, 0.29) is 6.04 Å². The predicted octanol–water partition coefficient (Wildman–Crippen LogP) is 1.98. The summed E-state index contributed by atoms with van der Waals surface area (Å²) in [4.78, 5) is 6.70. The molecule has 1 aliphatic heterocycles. The molecule has 5 nitrogen and oxygen atoms in total. The molecule has 0 bridgehead atoms. The van der Waals surface area contributed by atoms with Gasteiger partial charge in [-0.1, -0.05) is 6.42 Å². The van der Waals surface area contributed by atoms with E-state index in [1.807, 2.05) is 0 Å². The highest BCUT2D eigenvalue weighted by molar-refractivity contribution is 5.27. The molecule has 18 heavy (non-hydrogen) atoms. The second kappa shape index (κ2) is 4.88. The molecule has 2 fully saturated rings. The lowest BCUT2D eigenvalue weighted by Gasteiger charge is -2.15. The molecule has 3 unspecified atom stereocenters. The highest BCUT2D eigenvalue weighted by Crippen LogP contribution is 2.43. The first-order valence-electron chi connectivity index (χ1n) is 7.15. The first-order valence-corrected chi connectivity index (χ1v) is 7.15. The number of anilines is 1. The van der Waals surface area contributed by atoms with Gasteiger partial charge in [-0.2, -0.15) is 4.98 Å². The number of rotatable bonds is 4. The lowest BCUT2D eigenvalue weighted by Crippen LogP contribution is -2.23. The molecule has 0 spiro atoms. The normalized spacial score (nSPS) is 30.7. The maximum atomic E-state index is 5.48. The summed E-state index contributed by atoms with van der Waals surface area (Å²) in [5.41, 5.74) is 0. The quantitative estimate of drug-likeness (QED) is 0.885. The van der Waals surface area contributed by atoms with Crippen LogP contribution in [0.15, 0.2) is 4.52 Å². The van der Waals surface area contributed by atoms with Crippen LogP contribution in [-0.2, 0) is 0 Å². The van der Waals surface area contributed by atoms with Crippen molar-refractivity contribution < 1.29 is 4.52 Å². The van der Waals surface area contributed by atoms with Crippen LogP contribution >= 0.6 is 0 Å². The fraction of sp³-hybridized carbons (Fsp3) is 0.846. The minimum Gasteiger partial charge on any atom is -0.339 e. The van der Waals surface area contributed by atoms with Gasteiger partial charge >= 0.3 is 0 Å². The summed E-state index contributed by atoms with van der Waals surface area (Å²) in [7, 11) is 0. The average molecular weight is 250 g/mol. The van der Waals surface area contributed by atoms with Crippen molar-refractivity contribution in [3.63, 3.8) is 0 Å². The largest absolute Gasteiger partial charge is 0.339 e. The van der Waals surface area contributed by atoms with Gasteiger partial charge < -0.3 is 14.7 Å². The maximum absolute atomic E-state index is 5.48. The molecule has 1 N–H and O–H groups in total. The molecule has 0 amide bonds. The third kappa shape index (κ3) is 1.90. The number of hydrogen-bond donors (Lipinski definition) is 1. The Balaban J connectivity index is 1.77. The van der Waals surface area contributed by atoms with Gasteiger partial charge in [-0.25, -0.2) is 0 Å². The summed E-state index contributed by atoms with van der Waals surface area (Å²) in [6, 6.07) is 0.286. The predicted molar refractivity (Wildman–Crippen MR) is 69.4 cm³/mol. The summed E-state index contributed by atoms with van der Waals surface area (Å²) in [6.45, 7) is 7.16. The Bertz CT molecular complexity index is 401. The van der Waals surface area contributed by atoms with Gasteiger partial charge in [0.2, 0.25) is 5.89 Å². The van der Waals surface area contributed by atoms with E-state index in [4.69, 9.17) is 4.52 Å². The Labute approximate surface area is 108 Å². The van der Waals surface area contributed by atoms with Crippen LogP contribution < -0.4 is 10.2 Å². The fourth-order valence-corrected chi connectivity index (χ4v) is 3.45. The van der Waals surface area contributed by atoms with E-state index in [1.165, 1.54) is 19.3 Å². The van der Waals surface area contributed by atoms with E-state index < -0.39 is 0 Å². The summed E-state index contributed by atoms with van der Waals surface area (Å²) in [6.07, 6.45) is 4.00. The second-order valence-corrected chi connectivity index (χ2v) is 5.35. The zero-order valence-corrected chi connectivity index (χ0v) is 11.2. The SMILES string of the molecule is CCN(CC)c1noc(C2NCC3CCCC32)n1. The Kier molecular flexibility index (Phi) is 3.24. The minimum atomic E-state index is 0.286. The van der Waals surface area contributed by atoms with Gasteiger partial charge in [0.15, 0.2) is 0 Å². The van der Waals surface area contributed by atoms with E-state index in [9.17, 15) is 0 Å². The summed E-state index contributed by atoms with van der Waals surface area (Å²) < 4.78 is 5.48. The van der Waals surface area contributed by atoms with Gasteiger partial charge in [0.1, 0.15) is 0 Å². The number of aromatic nitrogens is 2. The summed E-state index contributed by atoms with van der Waals surface area (Å²) in [5, 5.41) is 7.67. The Morgan fingerprint density at radius 2 is 2.17 bits per heavy atom. The molecule has 100 valence electrons. The molecule has 2 heterocycles. The van der Waals surface area contributed by atoms with Crippen molar-refractivity contribution in [1.82, 2.24) is 15.5 Å². The highest BCUT2D eigenvalue weighted by atomic mass is 16.5. The Hall–Kier alpha value is -1.10. The zero-order chi connectivity index (χ0) is 12.5. The molecular formula is C13H22N4O. The van der Waals surface area contributed by atoms with Crippen LogP contribution in [0.4, 0.5) is 5.95 Å². The van der Waals surface area contributed by atoms with Gasteiger partial charge in [0, 0.05) is 13.1 Å². The molecule has 1 aromatic rings. The van der Waals surface area contributed by atoms with Crippen LogP contribution in [0.5, 0.6) is 0 Å². The van der Waals surface area contributed by atoms with Crippen molar-refractivity contribution in [3.05, 3.63) is 5.89 Å². The number of nitrogens with one attached hydrogen (secondary N) is 1. The van der Waals surface area contributed by atoms with E-state index in [0.717, 1.165) is 37.4 Å².